The van der Waals surface area contributed by atoms with Gasteiger partial charge in [0.05, 0.1) is 11.2 Å². The SMILES string of the molecule is Cc1cc(Cl)ccc1OCCCC(=O)NNC(=O)c1ccc(C2SCCCS2)cc1. The van der Waals surface area contributed by atoms with Crippen molar-refractivity contribution < 1.29 is 14.3 Å². The second-order valence-corrected chi connectivity index (χ2v) is 10.1. The van der Waals surface area contributed by atoms with Gasteiger partial charge in [-0.3, -0.25) is 20.4 Å². The van der Waals surface area contributed by atoms with E-state index in [1.54, 1.807) is 18.2 Å². The second kappa shape index (κ2) is 11.5. The highest BCUT2D eigenvalue weighted by atomic mass is 35.5. The van der Waals surface area contributed by atoms with Gasteiger partial charge in [-0.25, -0.2) is 0 Å². The summed E-state index contributed by atoms with van der Waals surface area (Å²) in [6.45, 7) is 2.32. The van der Waals surface area contributed by atoms with Crippen LogP contribution in [-0.4, -0.2) is 29.9 Å². The van der Waals surface area contributed by atoms with E-state index in [0.717, 1.165) is 11.3 Å². The number of ether oxygens (including phenoxy) is 1. The molecule has 5 nitrogen and oxygen atoms in total. The average molecular weight is 465 g/mol. The number of hydrogen-bond donors (Lipinski definition) is 2. The lowest BCUT2D eigenvalue weighted by Crippen LogP contribution is -2.41. The van der Waals surface area contributed by atoms with Gasteiger partial charge in [-0.1, -0.05) is 23.7 Å². The number of halogens is 1. The Morgan fingerprint density at radius 2 is 1.83 bits per heavy atom. The van der Waals surface area contributed by atoms with Crippen molar-refractivity contribution >= 4 is 46.9 Å². The van der Waals surface area contributed by atoms with E-state index >= 15 is 0 Å². The van der Waals surface area contributed by atoms with Gasteiger partial charge in [0.15, 0.2) is 0 Å². The molecule has 30 heavy (non-hydrogen) atoms. The van der Waals surface area contributed by atoms with Gasteiger partial charge >= 0.3 is 0 Å². The van der Waals surface area contributed by atoms with Crippen molar-refractivity contribution in [2.75, 3.05) is 18.1 Å². The molecule has 8 heteroatoms. The fourth-order valence-corrected chi connectivity index (χ4v) is 6.04. The molecule has 0 bridgehead atoms. The first-order chi connectivity index (χ1) is 14.5. The highest BCUT2D eigenvalue weighted by molar-refractivity contribution is 8.16. The standard InChI is InChI=1S/C22H25ClN2O3S2/c1-15-14-18(23)9-10-19(15)28-11-2-4-20(26)24-25-21(27)16-5-7-17(8-6-16)22-29-12-3-13-30-22/h5-10,14,22H,2-4,11-13H2,1H3,(H,24,26)(H,25,27). The van der Waals surface area contributed by atoms with Crippen LogP contribution >= 0.6 is 35.1 Å². The van der Waals surface area contributed by atoms with Gasteiger partial charge in [-0.15, -0.1) is 23.5 Å². The third-order valence-electron chi connectivity index (χ3n) is 4.53. The molecule has 0 spiro atoms. The van der Waals surface area contributed by atoms with Gasteiger partial charge in [-0.05, 0) is 72.7 Å². The van der Waals surface area contributed by atoms with Crippen LogP contribution < -0.4 is 15.6 Å². The molecule has 1 fully saturated rings. The topological polar surface area (TPSA) is 67.4 Å². The number of amides is 2. The molecule has 2 N–H and O–H groups in total. The third kappa shape index (κ3) is 6.86. The van der Waals surface area contributed by atoms with Gasteiger partial charge in [0, 0.05) is 17.0 Å². The summed E-state index contributed by atoms with van der Waals surface area (Å²) in [7, 11) is 0. The van der Waals surface area contributed by atoms with Crippen molar-refractivity contribution in [3.05, 3.63) is 64.2 Å². The van der Waals surface area contributed by atoms with Gasteiger partial charge in [0.2, 0.25) is 5.91 Å². The molecule has 0 unspecified atom stereocenters. The molecule has 0 radical (unpaired) electrons. The van der Waals surface area contributed by atoms with E-state index in [-0.39, 0.29) is 18.2 Å². The smallest absolute Gasteiger partial charge is 0.269 e. The Morgan fingerprint density at radius 3 is 2.53 bits per heavy atom. The maximum absolute atomic E-state index is 12.2. The minimum Gasteiger partial charge on any atom is -0.493 e. The molecule has 2 aromatic carbocycles. The molecular formula is C22H25ClN2O3S2. The predicted octanol–water partition coefficient (Wildman–Crippen LogP) is 5.14. The molecule has 0 aliphatic carbocycles. The van der Waals surface area contributed by atoms with E-state index in [1.165, 1.54) is 23.5 Å². The second-order valence-electron chi connectivity index (χ2n) is 6.91. The molecule has 1 saturated heterocycles. The number of benzene rings is 2. The number of carbonyl (C=O) groups is 2. The summed E-state index contributed by atoms with van der Waals surface area (Å²) in [5.74, 6) is 2.52. The summed E-state index contributed by atoms with van der Waals surface area (Å²) < 4.78 is 6.11. The van der Waals surface area contributed by atoms with E-state index < -0.39 is 0 Å². The number of hydrogen-bond acceptors (Lipinski definition) is 5. The zero-order chi connectivity index (χ0) is 21.3. The van der Waals surface area contributed by atoms with Crippen LogP contribution in [0.25, 0.3) is 0 Å². The molecule has 0 saturated carbocycles. The third-order valence-corrected chi connectivity index (χ3v) is 7.78. The van der Waals surface area contributed by atoms with Crippen molar-refractivity contribution in [1.82, 2.24) is 10.9 Å². The van der Waals surface area contributed by atoms with E-state index in [9.17, 15) is 9.59 Å². The van der Waals surface area contributed by atoms with Gasteiger partial charge in [0.25, 0.3) is 5.91 Å². The van der Waals surface area contributed by atoms with Crippen LogP contribution in [0.4, 0.5) is 0 Å². The van der Waals surface area contributed by atoms with E-state index in [2.05, 4.69) is 10.9 Å². The van der Waals surface area contributed by atoms with Crippen molar-refractivity contribution in [1.29, 1.82) is 0 Å². The zero-order valence-electron chi connectivity index (χ0n) is 16.8. The molecular weight excluding hydrogens is 440 g/mol. The summed E-state index contributed by atoms with van der Waals surface area (Å²) in [6.07, 6.45) is 2.04. The lowest BCUT2D eigenvalue weighted by Gasteiger charge is -2.21. The van der Waals surface area contributed by atoms with Gasteiger partial charge < -0.3 is 4.74 Å². The largest absolute Gasteiger partial charge is 0.493 e. The van der Waals surface area contributed by atoms with Crippen LogP contribution in [0.5, 0.6) is 5.75 Å². The molecule has 1 aliphatic rings. The van der Waals surface area contributed by atoms with Crippen molar-refractivity contribution in [3.8, 4) is 5.75 Å². The lowest BCUT2D eigenvalue weighted by molar-refractivity contribution is -0.122. The fourth-order valence-electron chi connectivity index (χ4n) is 2.92. The fraction of sp³-hybridized carbons (Fsp3) is 0.364. The molecule has 2 amide bonds. The number of thioether (sulfide) groups is 2. The monoisotopic (exact) mass is 464 g/mol. The number of hydrazine groups is 1. The van der Waals surface area contributed by atoms with E-state index in [0.29, 0.717) is 28.2 Å². The minimum atomic E-state index is -0.327. The molecule has 1 heterocycles. The normalized spacial score (nSPS) is 14.2. The van der Waals surface area contributed by atoms with Crippen LogP contribution in [0, 0.1) is 6.92 Å². The Morgan fingerprint density at radius 1 is 1.10 bits per heavy atom. The molecule has 160 valence electrons. The van der Waals surface area contributed by atoms with E-state index in [1.807, 2.05) is 54.7 Å². The van der Waals surface area contributed by atoms with Crippen LogP contribution in [-0.2, 0) is 4.79 Å². The summed E-state index contributed by atoms with van der Waals surface area (Å²) >= 11 is 9.81. The van der Waals surface area contributed by atoms with Crippen molar-refractivity contribution in [2.24, 2.45) is 0 Å². The first kappa shape index (κ1) is 22.8. The summed E-state index contributed by atoms with van der Waals surface area (Å²) in [5, 5.41) is 0.663. The molecule has 1 aliphatic heterocycles. The van der Waals surface area contributed by atoms with Crippen LogP contribution in [0.2, 0.25) is 5.02 Å². The van der Waals surface area contributed by atoms with Crippen molar-refractivity contribution in [2.45, 2.75) is 30.8 Å². The molecule has 2 aromatic rings. The Bertz CT molecular complexity index is 871. The highest BCUT2D eigenvalue weighted by Crippen LogP contribution is 2.43. The van der Waals surface area contributed by atoms with Crippen LogP contribution in [0.3, 0.4) is 0 Å². The average Bonchev–Trinajstić information content (AvgIpc) is 2.77. The first-order valence-electron chi connectivity index (χ1n) is 9.84. The maximum atomic E-state index is 12.2. The summed E-state index contributed by atoms with van der Waals surface area (Å²) in [4.78, 5) is 24.2. The summed E-state index contributed by atoms with van der Waals surface area (Å²) in [6, 6.07) is 13.0. The van der Waals surface area contributed by atoms with Crippen LogP contribution in [0.1, 0.15) is 45.3 Å². The number of nitrogens with one attached hydrogen (secondary N) is 2. The molecule has 3 rings (SSSR count). The first-order valence-corrected chi connectivity index (χ1v) is 12.3. The lowest BCUT2D eigenvalue weighted by atomic mass is 10.1. The van der Waals surface area contributed by atoms with Crippen molar-refractivity contribution in [3.63, 3.8) is 0 Å². The highest BCUT2D eigenvalue weighted by Gasteiger charge is 2.17. The van der Waals surface area contributed by atoms with Gasteiger partial charge in [-0.2, -0.15) is 0 Å². The molecule has 0 atom stereocenters. The molecule has 0 aromatic heterocycles. The van der Waals surface area contributed by atoms with Gasteiger partial charge in [0.1, 0.15) is 5.75 Å². The quantitative estimate of drug-likeness (QED) is 0.438. The van der Waals surface area contributed by atoms with Crippen LogP contribution in [0.15, 0.2) is 42.5 Å². The Hall–Kier alpha value is -1.83. The minimum absolute atomic E-state index is 0.252. The Labute approximate surface area is 190 Å². The predicted molar refractivity (Wildman–Crippen MR) is 125 cm³/mol. The number of aryl methyl sites for hydroxylation is 1. The summed E-state index contributed by atoms with van der Waals surface area (Å²) in [5.41, 5.74) is 7.62. The Kier molecular flexibility index (Phi) is 8.78. The zero-order valence-corrected chi connectivity index (χ0v) is 19.2. The maximum Gasteiger partial charge on any atom is 0.269 e. The number of carbonyl (C=O) groups excluding carboxylic acids is 2. The van der Waals surface area contributed by atoms with E-state index in [4.69, 9.17) is 16.3 Å². The number of rotatable bonds is 7. The Balaban J connectivity index is 1.36.